The molecule has 0 rings (SSSR count). The summed E-state index contributed by atoms with van der Waals surface area (Å²) >= 11 is 0. The highest BCUT2D eigenvalue weighted by Gasteiger charge is 2.24. The molecule has 1 heteroatoms. The Morgan fingerprint density at radius 3 is 2.09 bits per heavy atom. The van der Waals surface area contributed by atoms with Gasteiger partial charge in [0, 0.05) is 0 Å². The van der Waals surface area contributed by atoms with Gasteiger partial charge < -0.3 is 0 Å². The van der Waals surface area contributed by atoms with Crippen LogP contribution in [0.3, 0.4) is 0 Å². The smallest absolute Gasteiger partial charge is 0.0667 e. The van der Waals surface area contributed by atoms with Gasteiger partial charge >= 0.3 is 0 Å². The van der Waals surface area contributed by atoms with Crippen molar-refractivity contribution in [2.45, 2.75) is 58.7 Å². The highest BCUT2D eigenvalue weighted by atomic mass is 14.2. The third kappa shape index (κ3) is 3.31. The Bertz CT molecular complexity index is 97.0. The normalized spacial score (nSPS) is 19.3. The van der Waals surface area contributed by atoms with Crippen molar-refractivity contribution >= 4 is 7.85 Å². The van der Waals surface area contributed by atoms with Gasteiger partial charge in [-0.05, 0) is 5.92 Å². The lowest BCUT2D eigenvalue weighted by Crippen LogP contribution is -2.19. The Hall–Kier alpha value is 0.0649. The van der Waals surface area contributed by atoms with E-state index in [1.807, 2.05) is 0 Å². The molecule has 0 aliphatic rings. The van der Waals surface area contributed by atoms with Crippen molar-refractivity contribution in [3.8, 4) is 0 Å². The first-order valence-corrected chi connectivity index (χ1v) is 5.08. The fourth-order valence-corrected chi connectivity index (χ4v) is 1.78. The molecule has 0 radical (unpaired) electrons. The standard InChI is InChI=1S/C10H23B/c1-5-8-9(6-2)10(4,11)7-3/h9H,5-8,11H2,1-4H3. The van der Waals surface area contributed by atoms with Crippen molar-refractivity contribution in [1.82, 2.24) is 0 Å². The third-order valence-electron chi connectivity index (χ3n) is 3.15. The maximum Gasteiger partial charge on any atom is 0.109 e. The summed E-state index contributed by atoms with van der Waals surface area (Å²) in [5, 5.41) is 0.560. The van der Waals surface area contributed by atoms with Gasteiger partial charge in [0.2, 0.25) is 0 Å². The first-order valence-electron chi connectivity index (χ1n) is 5.08. The second-order valence-electron chi connectivity index (χ2n) is 4.24. The van der Waals surface area contributed by atoms with E-state index in [0.29, 0.717) is 5.31 Å². The van der Waals surface area contributed by atoms with Crippen LogP contribution in [-0.2, 0) is 0 Å². The largest absolute Gasteiger partial charge is 0.109 e. The molecule has 0 N–H and O–H groups in total. The van der Waals surface area contributed by atoms with E-state index >= 15 is 0 Å². The zero-order valence-corrected chi connectivity index (χ0v) is 8.91. The number of hydrogen-bond donors (Lipinski definition) is 0. The van der Waals surface area contributed by atoms with Crippen molar-refractivity contribution < 1.29 is 0 Å². The second kappa shape index (κ2) is 4.85. The fourth-order valence-electron chi connectivity index (χ4n) is 1.78. The van der Waals surface area contributed by atoms with Crippen LogP contribution in [0.1, 0.15) is 53.4 Å². The molecule has 0 fully saturated rings. The maximum absolute atomic E-state index is 2.40. The average molecular weight is 154 g/mol. The molecule has 0 aliphatic heterocycles. The third-order valence-corrected chi connectivity index (χ3v) is 3.15. The molecule has 0 aliphatic carbocycles. The molecule has 0 bridgehead atoms. The molecule has 0 nitrogen and oxygen atoms in total. The van der Waals surface area contributed by atoms with Crippen LogP contribution in [-0.4, -0.2) is 7.85 Å². The molecule has 0 aromatic rings. The van der Waals surface area contributed by atoms with E-state index in [9.17, 15) is 0 Å². The Morgan fingerprint density at radius 2 is 1.82 bits per heavy atom. The van der Waals surface area contributed by atoms with Gasteiger partial charge in [0.05, 0.1) is 0 Å². The summed E-state index contributed by atoms with van der Waals surface area (Å²) in [5.41, 5.74) is 0. The highest BCUT2D eigenvalue weighted by Crippen LogP contribution is 2.39. The predicted octanol–water partition coefficient (Wildman–Crippen LogP) is 3.03. The molecular weight excluding hydrogens is 131 g/mol. The minimum Gasteiger partial charge on any atom is -0.0667 e. The van der Waals surface area contributed by atoms with Gasteiger partial charge in [-0.15, -0.1) is 0 Å². The van der Waals surface area contributed by atoms with Crippen molar-refractivity contribution in [2.24, 2.45) is 5.92 Å². The van der Waals surface area contributed by atoms with E-state index in [0.717, 1.165) is 5.92 Å². The second-order valence-corrected chi connectivity index (χ2v) is 4.24. The maximum atomic E-state index is 2.40. The number of rotatable bonds is 5. The van der Waals surface area contributed by atoms with E-state index < -0.39 is 0 Å². The Morgan fingerprint density at radius 1 is 1.27 bits per heavy atom. The SMILES string of the molecule is BC(C)(CC)C(CC)CCC. The van der Waals surface area contributed by atoms with Crippen LogP contribution >= 0.6 is 0 Å². The van der Waals surface area contributed by atoms with E-state index in [1.165, 1.54) is 25.7 Å². The lowest BCUT2D eigenvalue weighted by molar-refractivity contribution is 0.334. The highest BCUT2D eigenvalue weighted by molar-refractivity contribution is 6.15. The Labute approximate surface area is 73.2 Å². The van der Waals surface area contributed by atoms with Crippen LogP contribution < -0.4 is 0 Å². The first kappa shape index (κ1) is 11.1. The Kier molecular flexibility index (Phi) is 4.87. The summed E-state index contributed by atoms with van der Waals surface area (Å²) in [6.07, 6.45) is 5.39. The molecular formula is C10H23B. The van der Waals surface area contributed by atoms with E-state index in [2.05, 4.69) is 35.5 Å². The van der Waals surface area contributed by atoms with Crippen LogP contribution in [0.2, 0.25) is 5.31 Å². The lowest BCUT2D eigenvalue weighted by Gasteiger charge is -2.32. The molecule has 0 heterocycles. The molecule has 0 spiro atoms. The molecule has 0 saturated carbocycles. The van der Waals surface area contributed by atoms with Crippen LogP contribution in [0.15, 0.2) is 0 Å². The molecule has 0 saturated heterocycles. The van der Waals surface area contributed by atoms with Crippen molar-refractivity contribution in [2.75, 3.05) is 0 Å². The summed E-state index contributed by atoms with van der Waals surface area (Å²) in [6.45, 7) is 9.31. The summed E-state index contributed by atoms with van der Waals surface area (Å²) in [6, 6.07) is 0. The fraction of sp³-hybridized carbons (Fsp3) is 1.00. The number of hydrogen-bond acceptors (Lipinski definition) is 0. The first-order chi connectivity index (χ1) is 5.08. The van der Waals surface area contributed by atoms with Crippen molar-refractivity contribution in [3.63, 3.8) is 0 Å². The summed E-state index contributed by atoms with van der Waals surface area (Å²) < 4.78 is 0. The van der Waals surface area contributed by atoms with E-state index in [1.54, 1.807) is 0 Å². The zero-order valence-electron chi connectivity index (χ0n) is 8.91. The lowest BCUT2D eigenvalue weighted by atomic mass is 9.58. The van der Waals surface area contributed by atoms with Gasteiger partial charge in [-0.25, -0.2) is 0 Å². The van der Waals surface area contributed by atoms with Crippen LogP contribution in [0.25, 0.3) is 0 Å². The van der Waals surface area contributed by atoms with E-state index in [4.69, 9.17) is 0 Å². The molecule has 2 atom stereocenters. The van der Waals surface area contributed by atoms with Crippen LogP contribution in [0.4, 0.5) is 0 Å². The summed E-state index contributed by atoms with van der Waals surface area (Å²) in [5.74, 6) is 0.928. The monoisotopic (exact) mass is 154 g/mol. The van der Waals surface area contributed by atoms with Crippen molar-refractivity contribution in [1.29, 1.82) is 0 Å². The predicted molar refractivity (Wildman–Crippen MR) is 55.9 cm³/mol. The average Bonchev–Trinajstić information content (AvgIpc) is 2.00. The summed E-state index contributed by atoms with van der Waals surface area (Å²) in [4.78, 5) is 0. The molecule has 66 valence electrons. The van der Waals surface area contributed by atoms with Crippen molar-refractivity contribution in [3.05, 3.63) is 0 Å². The molecule has 11 heavy (non-hydrogen) atoms. The molecule has 2 unspecified atom stereocenters. The van der Waals surface area contributed by atoms with Gasteiger partial charge in [-0.3, -0.25) is 0 Å². The summed E-state index contributed by atoms with van der Waals surface area (Å²) in [7, 11) is 2.40. The van der Waals surface area contributed by atoms with Gasteiger partial charge in [0.15, 0.2) is 0 Å². The minimum absolute atomic E-state index is 0.560. The van der Waals surface area contributed by atoms with Crippen LogP contribution in [0, 0.1) is 5.92 Å². The Balaban J connectivity index is 3.99. The quantitative estimate of drug-likeness (QED) is 0.534. The van der Waals surface area contributed by atoms with Gasteiger partial charge in [-0.1, -0.05) is 58.7 Å². The van der Waals surface area contributed by atoms with Gasteiger partial charge in [0.25, 0.3) is 0 Å². The van der Waals surface area contributed by atoms with E-state index in [-0.39, 0.29) is 0 Å². The van der Waals surface area contributed by atoms with Gasteiger partial charge in [0.1, 0.15) is 7.85 Å². The molecule has 0 aromatic heterocycles. The minimum atomic E-state index is 0.560. The molecule has 0 amide bonds. The van der Waals surface area contributed by atoms with Gasteiger partial charge in [-0.2, -0.15) is 0 Å². The topological polar surface area (TPSA) is 0 Å². The van der Waals surface area contributed by atoms with Crippen LogP contribution in [0.5, 0.6) is 0 Å². The molecule has 0 aromatic carbocycles. The zero-order chi connectivity index (χ0) is 8.91.